The van der Waals surface area contributed by atoms with E-state index in [2.05, 4.69) is 58.7 Å². The third-order valence-corrected chi connectivity index (χ3v) is 5.36. The first-order valence-electron chi connectivity index (χ1n) is 7.12. The summed E-state index contributed by atoms with van der Waals surface area (Å²) in [4.78, 5) is 0. The van der Waals surface area contributed by atoms with Gasteiger partial charge < -0.3 is 5.32 Å². The van der Waals surface area contributed by atoms with Crippen LogP contribution in [0.3, 0.4) is 0 Å². The molecule has 0 aliphatic carbocycles. The van der Waals surface area contributed by atoms with E-state index in [0.29, 0.717) is 5.88 Å². The summed E-state index contributed by atoms with van der Waals surface area (Å²) in [5, 5.41) is 8.25. The quantitative estimate of drug-likeness (QED) is 0.715. The third kappa shape index (κ3) is 3.73. The Morgan fingerprint density at radius 1 is 1.26 bits per heavy atom. The van der Waals surface area contributed by atoms with Crippen LogP contribution in [0.15, 0.2) is 4.47 Å². The molecule has 0 amide bonds. The Morgan fingerprint density at radius 2 is 1.89 bits per heavy atom. The van der Waals surface area contributed by atoms with E-state index >= 15 is 0 Å². The minimum Gasteiger partial charge on any atom is -0.304 e. The maximum absolute atomic E-state index is 6.14. The van der Waals surface area contributed by atoms with Crippen molar-refractivity contribution in [1.29, 1.82) is 0 Å². The molecule has 0 fully saturated rings. The van der Waals surface area contributed by atoms with E-state index in [4.69, 9.17) is 11.6 Å². The Balaban J connectivity index is 2.90. The van der Waals surface area contributed by atoms with E-state index in [0.717, 1.165) is 42.5 Å². The zero-order valence-electron chi connectivity index (χ0n) is 12.4. The van der Waals surface area contributed by atoms with Gasteiger partial charge in [-0.05, 0) is 42.1 Å². The Bertz CT molecular complexity index is 391. The highest BCUT2D eigenvalue weighted by atomic mass is 79.9. The lowest BCUT2D eigenvalue weighted by molar-refractivity contribution is 0.328. The largest absolute Gasteiger partial charge is 0.304 e. The van der Waals surface area contributed by atoms with E-state index in [1.165, 1.54) is 5.69 Å². The van der Waals surface area contributed by atoms with Crippen molar-refractivity contribution in [2.75, 3.05) is 5.88 Å². The fourth-order valence-corrected chi connectivity index (χ4v) is 3.37. The molecule has 0 aromatic carbocycles. The highest BCUT2D eigenvalue weighted by Gasteiger charge is 2.25. The molecular weight excluding hydrogens is 326 g/mol. The molecular formula is C14H25BrClN3. The monoisotopic (exact) mass is 349 g/mol. The van der Waals surface area contributed by atoms with Crippen molar-refractivity contribution in [3.8, 4) is 0 Å². The first-order valence-corrected chi connectivity index (χ1v) is 8.45. The first kappa shape index (κ1) is 17.0. The summed E-state index contributed by atoms with van der Waals surface area (Å²) in [5.74, 6) is 0.637. The molecule has 1 rings (SSSR count). The molecule has 1 N–H and O–H groups in total. The molecule has 1 heterocycles. The number of rotatable bonds is 8. The highest BCUT2D eigenvalue weighted by molar-refractivity contribution is 9.10. The second-order valence-electron chi connectivity index (χ2n) is 4.85. The van der Waals surface area contributed by atoms with Gasteiger partial charge in [0.05, 0.1) is 15.9 Å². The summed E-state index contributed by atoms with van der Waals surface area (Å²) in [7, 11) is 0. The molecule has 0 radical (unpaired) electrons. The Hall–Kier alpha value is -0.0600. The summed E-state index contributed by atoms with van der Waals surface area (Å²) in [5.41, 5.74) is 2.37. The molecule has 0 aliphatic heterocycles. The van der Waals surface area contributed by atoms with Crippen LogP contribution in [0, 0.1) is 0 Å². The molecule has 0 spiro atoms. The van der Waals surface area contributed by atoms with Crippen LogP contribution in [0.1, 0.15) is 51.9 Å². The number of hydrogen-bond acceptors (Lipinski definition) is 2. The van der Waals surface area contributed by atoms with Crippen molar-refractivity contribution in [2.45, 2.75) is 65.6 Å². The van der Waals surface area contributed by atoms with Crippen LogP contribution in [0.2, 0.25) is 0 Å². The van der Waals surface area contributed by atoms with Gasteiger partial charge in [-0.25, -0.2) is 0 Å². The average Bonchev–Trinajstić information content (AvgIpc) is 2.77. The molecule has 3 nitrogen and oxygen atoms in total. The topological polar surface area (TPSA) is 29.9 Å². The van der Waals surface area contributed by atoms with Gasteiger partial charge in [0.15, 0.2) is 0 Å². The summed E-state index contributed by atoms with van der Waals surface area (Å²) >= 11 is 9.82. The zero-order valence-corrected chi connectivity index (χ0v) is 14.7. The smallest absolute Gasteiger partial charge is 0.0767 e. The minimum atomic E-state index is 0.0240. The number of nitrogens with zero attached hydrogens (tertiary/aromatic N) is 2. The minimum absolute atomic E-state index is 0.0240. The van der Waals surface area contributed by atoms with Crippen molar-refractivity contribution < 1.29 is 0 Å². The predicted octanol–water partition coefficient (Wildman–Crippen LogP) is 4.12. The molecule has 19 heavy (non-hydrogen) atoms. The van der Waals surface area contributed by atoms with E-state index < -0.39 is 0 Å². The molecule has 0 saturated carbocycles. The third-order valence-electron chi connectivity index (χ3n) is 3.93. The van der Waals surface area contributed by atoms with Crippen molar-refractivity contribution in [3.63, 3.8) is 0 Å². The van der Waals surface area contributed by atoms with Crippen molar-refractivity contribution in [2.24, 2.45) is 0 Å². The van der Waals surface area contributed by atoms with Gasteiger partial charge in [0.2, 0.25) is 0 Å². The molecule has 110 valence electrons. The second-order valence-corrected chi connectivity index (χ2v) is 5.91. The van der Waals surface area contributed by atoms with Crippen LogP contribution in [0.25, 0.3) is 0 Å². The molecule has 0 unspecified atom stereocenters. The summed E-state index contributed by atoms with van der Waals surface area (Å²) in [6.45, 7) is 10.3. The van der Waals surface area contributed by atoms with Crippen LogP contribution in [-0.2, 0) is 19.5 Å². The van der Waals surface area contributed by atoms with Crippen LogP contribution in [0.5, 0.6) is 0 Å². The molecule has 0 atom stereocenters. The van der Waals surface area contributed by atoms with Crippen LogP contribution < -0.4 is 5.32 Å². The standard InChI is InChI=1S/C14H25BrClN3/c1-5-11-13(15)12(19(8-4)18-11)9-17-14(6-2,7-3)10-16/h17H,5-10H2,1-4H3. The molecule has 0 bridgehead atoms. The van der Waals surface area contributed by atoms with E-state index in [1.54, 1.807) is 0 Å². The maximum atomic E-state index is 6.14. The summed E-state index contributed by atoms with van der Waals surface area (Å²) in [6.07, 6.45) is 3.01. The van der Waals surface area contributed by atoms with Gasteiger partial charge in [0.1, 0.15) is 0 Å². The SMILES string of the molecule is CCc1nn(CC)c(CNC(CC)(CC)CCl)c1Br. The van der Waals surface area contributed by atoms with Crippen molar-refractivity contribution in [1.82, 2.24) is 15.1 Å². The summed E-state index contributed by atoms with van der Waals surface area (Å²) < 4.78 is 3.21. The average molecular weight is 351 g/mol. The van der Waals surface area contributed by atoms with Gasteiger partial charge in [0, 0.05) is 24.5 Å². The van der Waals surface area contributed by atoms with Gasteiger partial charge in [-0.3, -0.25) is 4.68 Å². The number of halogens is 2. The molecule has 5 heteroatoms. The molecule has 1 aromatic rings. The van der Waals surface area contributed by atoms with Gasteiger partial charge >= 0.3 is 0 Å². The molecule has 0 saturated heterocycles. The van der Waals surface area contributed by atoms with E-state index in [1.807, 2.05) is 0 Å². The number of aromatic nitrogens is 2. The van der Waals surface area contributed by atoms with Gasteiger partial charge in [-0.15, -0.1) is 11.6 Å². The van der Waals surface area contributed by atoms with Crippen molar-refractivity contribution >= 4 is 27.5 Å². The zero-order chi connectivity index (χ0) is 14.5. The summed E-state index contributed by atoms with van der Waals surface area (Å²) in [6, 6.07) is 0. The van der Waals surface area contributed by atoms with Crippen molar-refractivity contribution in [3.05, 3.63) is 15.9 Å². The fourth-order valence-electron chi connectivity index (χ4n) is 2.19. The Kier molecular flexibility index (Phi) is 6.84. The van der Waals surface area contributed by atoms with Gasteiger partial charge in [-0.2, -0.15) is 5.10 Å². The second kappa shape index (κ2) is 7.65. The maximum Gasteiger partial charge on any atom is 0.0767 e. The first-order chi connectivity index (χ1) is 9.07. The lowest BCUT2D eigenvalue weighted by Gasteiger charge is -2.31. The van der Waals surface area contributed by atoms with Crippen LogP contribution >= 0.6 is 27.5 Å². The lowest BCUT2D eigenvalue weighted by atomic mass is 9.95. The molecule has 1 aromatic heterocycles. The molecule has 0 aliphatic rings. The van der Waals surface area contributed by atoms with Gasteiger partial charge in [-0.1, -0.05) is 20.8 Å². The number of nitrogens with one attached hydrogen (secondary N) is 1. The Morgan fingerprint density at radius 3 is 2.32 bits per heavy atom. The van der Waals surface area contributed by atoms with Crippen LogP contribution in [-0.4, -0.2) is 21.2 Å². The van der Waals surface area contributed by atoms with Gasteiger partial charge in [0.25, 0.3) is 0 Å². The normalized spacial score (nSPS) is 12.1. The van der Waals surface area contributed by atoms with E-state index in [9.17, 15) is 0 Å². The Labute approximate surface area is 130 Å². The number of aryl methyl sites for hydroxylation is 2. The highest BCUT2D eigenvalue weighted by Crippen LogP contribution is 2.24. The fraction of sp³-hybridized carbons (Fsp3) is 0.786. The van der Waals surface area contributed by atoms with E-state index in [-0.39, 0.29) is 5.54 Å². The lowest BCUT2D eigenvalue weighted by Crippen LogP contribution is -2.45. The van der Waals surface area contributed by atoms with Crippen LogP contribution in [0.4, 0.5) is 0 Å². The number of hydrogen-bond donors (Lipinski definition) is 1. The number of alkyl halides is 1. The predicted molar refractivity (Wildman–Crippen MR) is 85.9 cm³/mol.